The van der Waals surface area contributed by atoms with E-state index in [0.717, 1.165) is 11.4 Å². The zero-order valence-corrected chi connectivity index (χ0v) is 13.2. The first-order valence-corrected chi connectivity index (χ1v) is 7.73. The second-order valence-corrected chi connectivity index (χ2v) is 5.66. The van der Waals surface area contributed by atoms with Crippen molar-refractivity contribution in [2.45, 2.75) is 26.0 Å². The molecule has 0 spiro atoms. The number of nitrogens with two attached hydrogens (primary N) is 1. The molecular formula is C16H21N5O2. The lowest BCUT2D eigenvalue weighted by Gasteiger charge is -2.32. The Morgan fingerprint density at radius 2 is 2.30 bits per heavy atom. The fourth-order valence-corrected chi connectivity index (χ4v) is 2.66. The van der Waals surface area contributed by atoms with Crippen LogP contribution in [0, 0.1) is 6.92 Å². The molecule has 3 heterocycles. The third kappa shape index (κ3) is 3.87. The average Bonchev–Trinajstić information content (AvgIpc) is 2.98. The van der Waals surface area contributed by atoms with Crippen molar-refractivity contribution in [2.24, 2.45) is 0 Å². The first-order chi connectivity index (χ1) is 11.1. The Bertz CT molecular complexity index is 685. The average molecular weight is 315 g/mol. The molecule has 1 saturated heterocycles. The quantitative estimate of drug-likeness (QED) is 0.915. The summed E-state index contributed by atoms with van der Waals surface area (Å²) in [4.78, 5) is 18.5. The van der Waals surface area contributed by atoms with Crippen LogP contribution in [0.2, 0.25) is 0 Å². The number of anilines is 1. The molecule has 0 saturated carbocycles. The summed E-state index contributed by atoms with van der Waals surface area (Å²) in [6, 6.07) is 7.39. The van der Waals surface area contributed by atoms with Crippen molar-refractivity contribution in [3.8, 4) is 0 Å². The number of rotatable bonds is 4. The van der Waals surface area contributed by atoms with E-state index < -0.39 is 0 Å². The normalized spacial score (nSPS) is 18.1. The second kappa shape index (κ2) is 6.78. The molecule has 0 aromatic carbocycles. The van der Waals surface area contributed by atoms with Crippen molar-refractivity contribution in [3.63, 3.8) is 0 Å². The van der Waals surface area contributed by atoms with E-state index in [2.05, 4.69) is 10.1 Å². The van der Waals surface area contributed by atoms with Gasteiger partial charge in [-0.05, 0) is 25.1 Å². The highest BCUT2D eigenvalue weighted by Crippen LogP contribution is 2.21. The zero-order valence-electron chi connectivity index (χ0n) is 13.2. The Balaban J connectivity index is 1.58. The number of ether oxygens (including phenoxy) is 1. The lowest BCUT2D eigenvalue weighted by atomic mass is 10.1. The second-order valence-electron chi connectivity index (χ2n) is 5.66. The summed E-state index contributed by atoms with van der Waals surface area (Å²) in [5, 5.41) is 4.30. The van der Waals surface area contributed by atoms with Crippen LogP contribution in [0.3, 0.4) is 0 Å². The molecular weight excluding hydrogens is 294 g/mol. The molecule has 23 heavy (non-hydrogen) atoms. The highest BCUT2D eigenvalue weighted by molar-refractivity contribution is 5.76. The third-order valence-electron chi connectivity index (χ3n) is 3.87. The van der Waals surface area contributed by atoms with E-state index in [1.54, 1.807) is 10.7 Å². The number of amides is 1. The van der Waals surface area contributed by atoms with Gasteiger partial charge in [0.1, 0.15) is 11.9 Å². The van der Waals surface area contributed by atoms with Gasteiger partial charge in [0.05, 0.1) is 24.5 Å². The predicted molar refractivity (Wildman–Crippen MR) is 85.5 cm³/mol. The minimum absolute atomic E-state index is 0.107. The van der Waals surface area contributed by atoms with Crippen molar-refractivity contribution in [1.82, 2.24) is 19.7 Å². The van der Waals surface area contributed by atoms with Gasteiger partial charge in [-0.3, -0.25) is 9.48 Å². The highest BCUT2D eigenvalue weighted by Gasteiger charge is 2.26. The van der Waals surface area contributed by atoms with Crippen molar-refractivity contribution < 1.29 is 9.53 Å². The number of carbonyl (C=O) groups excluding carboxylic acids is 1. The predicted octanol–water partition coefficient (Wildman–Crippen LogP) is 1.16. The summed E-state index contributed by atoms with van der Waals surface area (Å²) in [5.41, 5.74) is 7.44. The van der Waals surface area contributed by atoms with Crippen LogP contribution in [0.15, 0.2) is 30.5 Å². The molecule has 2 aromatic rings. The summed E-state index contributed by atoms with van der Waals surface area (Å²) >= 11 is 0. The summed E-state index contributed by atoms with van der Waals surface area (Å²) in [6.45, 7) is 4.14. The maximum absolute atomic E-state index is 12.4. The number of aryl methyl sites for hydroxylation is 2. The van der Waals surface area contributed by atoms with Gasteiger partial charge >= 0.3 is 0 Å². The minimum Gasteiger partial charge on any atom is -0.384 e. The molecule has 1 amide bonds. The maximum atomic E-state index is 12.4. The number of nitrogens with zero attached hydrogens (tertiary/aromatic N) is 4. The van der Waals surface area contributed by atoms with E-state index in [9.17, 15) is 4.79 Å². The summed E-state index contributed by atoms with van der Waals surface area (Å²) < 4.78 is 7.53. The molecule has 122 valence electrons. The van der Waals surface area contributed by atoms with Gasteiger partial charge in [-0.15, -0.1) is 0 Å². The Labute approximate surface area is 135 Å². The Kier molecular flexibility index (Phi) is 4.57. The van der Waals surface area contributed by atoms with Gasteiger partial charge < -0.3 is 15.4 Å². The molecule has 0 aliphatic carbocycles. The summed E-state index contributed by atoms with van der Waals surface area (Å²) in [7, 11) is 0. The number of carbonyl (C=O) groups is 1. The number of pyridine rings is 1. The van der Waals surface area contributed by atoms with E-state index >= 15 is 0 Å². The Hall–Kier alpha value is -2.41. The van der Waals surface area contributed by atoms with E-state index in [4.69, 9.17) is 10.5 Å². The highest BCUT2D eigenvalue weighted by atomic mass is 16.5. The van der Waals surface area contributed by atoms with Gasteiger partial charge in [-0.1, -0.05) is 6.07 Å². The molecule has 7 nitrogen and oxygen atoms in total. The Morgan fingerprint density at radius 3 is 3.04 bits per heavy atom. The largest absolute Gasteiger partial charge is 0.384 e. The number of hydrogen-bond donors (Lipinski definition) is 1. The van der Waals surface area contributed by atoms with Crippen molar-refractivity contribution >= 4 is 11.7 Å². The summed E-state index contributed by atoms with van der Waals surface area (Å²) in [5.74, 6) is 0.568. The van der Waals surface area contributed by atoms with Crippen LogP contribution in [-0.2, 0) is 16.1 Å². The van der Waals surface area contributed by atoms with Crippen LogP contribution in [0.4, 0.5) is 5.82 Å². The maximum Gasteiger partial charge on any atom is 0.224 e. The van der Waals surface area contributed by atoms with Gasteiger partial charge in [-0.2, -0.15) is 5.10 Å². The van der Waals surface area contributed by atoms with Crippen molar-refractivity contribution in [3.05, 3.63) is 41.9 Å². The molecule has 1 fully saturated rings. The van der Waals surface area contributed by atoms with Crippen LogP contribution in [-0.4, -0.2) is 45.3 Å². The lowest BCUT2D eigenvalue weighted by Crippen LogP contribution is -2.42. The minimum atomic E-state index is -0.219. The van der Waals surface area contributed by atoms with Crippen molar-refractivity contribution in [2.75, 3.05) is 25.4 Å². The fourth-order valence-electron chi connectivity index (χ4n) is 2.66. The molecule has 1 atom stereocenters. The van der Waals surface area contributed by atoms with E-state index in [-0.39, 0.29) is 12.0 Å². The van der Waals surface area contributed by atoms with E-state index in [1.807, 2.05) is 36.2 Å². The fraction of sp³-hybridized carbons (Fsp3) is 0.438. The molecule has 3 rings (SSSR count). The van der Waals surface area contributed by atoms with Gasteiger partial charge in [0.15, 0.2) is 0 Å². The third-order valence-corrected chi connectivity index (χ3v) is 3.87. The SMILES string of the molecule is Cc1ccn(CCC(=O)N2CCOC(c3cccc(N)n3)C2)n1. The van der Waals surface area contributed by atoms with E-state index in [1.165, 1.54) is 0 Å². The zero-order chi connectivity index (χ0) is 16.2. The van der Waals surface area contributed by atoms with Crippen LogP contribution >= 0.6 is 0 Å². The van der Waals surface area contributed by atoms with Gasteiger partial charge in [0, 0.05) is 25.7 Å². The molecule has 2 N–H and O–H groups in total. The van der Waals surface area contributed by atoms with Crippen LogP contribution in [0.5, 0.6) is 0 Å². The molecule has 2 aromatic heterocycles. The molecule has 1 unspecified atom stereocenters. The molecule has 0 bridgehead atoms. The monoisotopic (exact) mass is 315 g/mol. The van der Waals surface area contributed by atoms with Crippen LogP contribution in [0.1, 0.15) is 23.9 Å². The van der Waals surface area contributed by atoms with E-state index in [0.29, 0.717) is 38.5 Å². The number of nitrogen functional groups attached to an aromatic ring is 1. The first kappa shape index (κ1) is 15.5. The molecule has 7 heteroatoms. The lowest BCUT2D eigenvalue weighted by molar-refractivity contribution is -0.139. The van der Waals surface area contributed by atoms with Gasteiger partial charge in [0.2, 0.25) is 5.91 Å². The van der Waals surface area contributed by atoms with Gasteiger partial charge in [0.25, 0.3) is 0 Å². The molecule has 0 radical (unpaired) electrons. The Morgan fingerprint density at radius 1 is 1.43 bits per heavy atom. The molecule has 1 aliphatic heterocycles. The van der Waals surface area contributed by atoms with Crippen LogP contribution < -0.4 is 5.73 Å². The standard InChI is InChI=1S/C16H21N5O2/c1-12-5-7-21(19-12)8-6-16(22)20-9-10-23-14(11-20)13-3-2-4-15(17)18-13/h2-5,7,14H,6,8-11H2,1H3,(H2,17,18). The molecule has 1 aliphatic rings. The van der Waals surface area contributed by atoms with Crippen LogP contribution in [0.25, 0.3) is 0 Å². The van der Waals surface area contributed by atoms with Crippen molar-refractivity contribution in [1.29, 1.82) is 0 Å². The number of morpholine rings is 1. The van der Waals surface area contributed by atoms with Gasteiger partial charge in [-0.25, -0.2) is 4.98 Å². The number of hydrogen-bond acceptors (Lipinski definition) is 5. The first-order valence-electron chi connectivity index (χ1n) is 7.73. The summed E-state index contributed by atoms with van der Waals surface area (Å²) in [6.07, 6.45) is 2.10. The topological polar surface area (TPSA) is 86.3 Å². The number of aromatic nitrogens is 3. The smallest absolute Gasteiger partial charge is 0.224 e.